The van der Waals surface area contributed by atoms with E-state index in [0.29, 0.717) is 94.6 Å². The zero-order valence-corrected chi connectivity index (χ0v) is 84.8. The number of H-pyrrole nitrogens is 2. The number of aromatic amines is 2. The van der Waals surface area contributed by atoms with Crippen LogP contribution in [-0.2, 0) is 70.9 Å². The molecule has 18 N–H and O–H groups in total. The van der Waals surface area contributed by atoms with Gasteiger partial charge < -0.3 is 103 Å². The molecule has 4 fully saturated rings. The Labute approximate surface area is 868 Å². The molecule has 145 heavy (non-hydrogen) atoms. The molecule has 0 aliphatic carbocycles. The van der Waals surface area contributed by atoms with Crippen molar-refractivity contribution in [2.75, 3.05) is 37.6 Å². The van der Waals surface area contributed by atoms with Crippen molar-refractivity contribution in [3.8, 4) is 33.4 Å². The minimum Gasteiger partial charge on any atom is -0.444 e. The summed E-state index contributed by atoms with van der Waals surface area (Å²) in [4.78, 5) is 149. The van der Waals surface area contributed by atoms with Crippen LogP contribution in [0, 0.1) is 10.1 Å². The van der Waals surface area contributed by atoms with Gasteiger partial charge in [0.25, 0.3) is 0 Å². The van der Waals surface area contributed by atoms with Crippen molar-refractivity contribution in [2.24, 2.45) is 28.3 Å². The third-order valence-corrected chi connectivity index (χ3v) is 25.8. The van der Waals surface area contributed by atoms with Gasteiger partial charge in [0.15, 0.2) is 0 Å². The van der Waals surface area contributed by atoms with Crippen molar-refractivity contribution in [1.82, 2.24) is 39.5 Å². The minimum atomic E-state index is -4.67. The fourth-order valence-electron chi connectivity index (χ4n) is 17.1. The molecule has 4 saturated heterocycles. The van der Waals surface area contributed by atoms with Gasteiger partial charge in [0, 0.05) is 156 Å². The number of carbonyl (C=O) groups is 8. The number of nitrogens with zero attached hydrogens (tertiary/aromatic N) is 7. The number of halogens is 1. The topological polar surface area (TPSA) is 602 Å². The van der Waals surface area contributed by atoms with Crippen LogP contribution in [0.4, 0.5) is 30.8 Å². The van der Waals surface area contributed by atoms with Gasteiger partial charge in [-0.1, -0.05) is 228 Å². The molecular weight excluding hydrogens is 1960 g/mol. The third-order valence-electron chi connectivity index (χ3n) is 25.3. The van der Waals surface area contributed by atoms with Crippen LogP contribution in [-0.4, -0.2) is 148 Å². The van der Waals surface area contributed by atoms with Crippen LogP contribution in [0.1, 0.15) is 173 Å². The summed E-state index contributed by atoms with van der Waals surface area (Å²) in [5, 5.41) is 26.2. The number of anilines is 2. The zero-order chi connectivity index (χ0) is 104. The number of benzene rings is 8. The Hall–Kier alpha value is -14.7. The van der Waals surface area contributed by atoms with Gasteiger partial charge >= 0.3 is 71.4 Å². The van der Waals surface area contributed by atoms with Crippen molar-refractivity contribution in [1.29, 1.82) is 0 Å². The number of nitrogens with one attached hydrogen (secondary N) is 2. The summed E-state index contributed by atoms with van der Waals surface area (Å²) in [5.74, 6) is -0.792. The van der Waals surface area contributed by atoms with Gasteiger partial charge in [-0.05, 0) is 142 Å². The van der Waals surface area contributed by atoms with E-state index in [1.807, 2.05) is 252 Å². The summed E-state index contributed by atoms with van der Waals surface area (Å²) in [6, 6.07) is 82.6. The smallest absolute Gasteiger partial charge is 0.444 e. The fourth-order valence-corrected chi connectivity index (χ4v) is 17.4. The van der Waals surface area contributed by atoms with E-state index in [1.54, 1.807) is 56.4 Å². The largest absolute Gasteiger partial charge is 1.00 e. The number of primary amides is 4. The number of rotatable bonds is 28. The number of aromatic nitrogens is 4. The van der Waals surface area contributed by atoms with E-state index in [0.717, 1.165) is 87.7 Å². The summed E-state index contributed by atoms with van der Waals surface area (Å²) >= 11 is 3.43. The van der Waals surface area contributed by atoms with E-state index >= 15 is 0 Å². The molecule has 37 nitrogen and oxygen atoms in total. The van der Waals surface area contributed by atoms with Gasteiger partial charge in [0.05, 0.1) is 24.2 Å². The number of pyridine rings is 4. The number of hydrogen-bond acceptors (Lipinski definition) is 25. The molecule has 8 atom stereocenters. The second kappa shape index (κ2) is 53.6. The standard InChI is InChI=1S/C26H28N4O3.2C26H27N3O4.C21H23BrN2O3.C5H7BN2O2.HNO2.Na.H2O4S/c1-18(19-7-9-20(10-8-19)21-11-12-23(27)29-17-21)30-16-15-26(33-25(30)32,14-13-24(28)31)22-5-3-2-4-6-22;2*1-18(19-7-9-20(10-8-19)21-11-12-24(31)28-17-21)29-16-15-26(33-25(29)32,14-13-23(27)30)22-5-3-2-4-6-22;1-15(16-7-9-18(22)10-8-16)24-14-13-21(27-20(24)26,12-11-19(23)25)17-5-3-2-4-6-17;7-5-2-1-4(3-8-5)6(9)10;2-1-3;;1-5(2,3)4/h2-12,17-18H,13-16H2,1H3,(H2,27,29)(H2,28,31);2*2-12,17-18H,13-16H2,1H3,(H2,27,30)(H,28,31);2-10,15H,11-14H2,1H3,(H2,23,25);1-3,9-10H,(H2,7,8);(H,2,3);;(H2,1,2,3,4)/q;;;;;;+1;/p-1/t3*18-,26+;15-,21+;;;;/m0000..../s1. The van der Waals surface area contributed by atoms with Crippen molar-refractivity contribution in [2.45, 2.75) is 151 Å². The van der Waals surface area contributed by atoms with Gasteiger partial charge in [-0.15, -0.1) is 5.34 Å². The monoisotopic (exact) mass is 2070 g/mol. The zero-order valence-electron chi connectivity index (χ0n) is 80.4. The Balaban J connectivity index is 0.000000203. The van der Waals surface area contributed by atoms with Crippen molar-refractivity contribution in [3.05, 3.63) is 372 Å². The molecule has 0 radical (unpaired) electrons. The molecule has 41 heteroatoms. The molecule has 8 heterocycles. The second-order valence-corrected chi connectivity index (χ2v) is 36.3. The number of nitrogen functional groups attached to an aromatic ring is 2. The van der Waals surface area contributed by atoms with Crippen LogP contribution in [0.5, 0.6) is 0 Å². The Bertz CT molecular complexity index is 6320. The van der Waals surface area contributed by atoms with E-state index in [2.05, 4.69) is 35.9 Å². The molecular formula is C104H114BBrN15NaO22S. The molecule has 0 spiro atoms. The molecule has 0 bridgehead atoms. The predicted molar refractivity (Wildman–Crippen MR) is 546 cm³/mol. The third kappa shape index (κ3) is 32.6. The summed E-state index contributed by atoms with van der Waals surface area (Å²) in [7, 11) is -6.13. The number of amides is 8. The molecule has 12 aromatic rings. The maximum absolute atomic E-state index is 13.1. The summed E-state index contributed by atoms with van der Waals surface area (Å²) in [6.07, 6.45) is 9.22. The first-order valence-corrected chi connectivity index (χ1v) is 48.1. The average molecular weight is 2070 g/mol. The van der Waals surface area contributed by atoms with E-state index in [9.17, 15) is 47.9 Å². The number of carbonyl (C=O) groups excluding carboxylic acids is 8. The van der Waals surface area contributed by atoms with Crippen LogP contribution in [0.15, 0.2) is 311 Å². The molecule has 4 aliphatic rings. The normalized spacial score (nSPS) is 18.0. The molecule has 4 aromatic heterocycles. The quantitative estimate of drug-likeness (QED) is 0.00712. The van der Waals surface area contributed by atoms with E-state index in [1.165, 1.54) is 30.5 Å². The van der Waals surface area contributed by atoms with E-state index in [4.69, 9.17) is 91.0 Å². The first-order valence-electron chi connectivity index (χ1n) is 45.9. The van der Waals surface area contributed by atoms with Crippen molar-refractivity contribution >= 4 is 98.5 Å². The van der Waals surface area contributed by atoms with Crippen LogP contribution >= 0.6 is 15.9 Å². The SMILES string of the molecule is C[C@@H](c1ccc(-c2ccc(=O)[nH]c2)cc1)N1CC[C@](CCC(N)=O)(c2ccccc2)OC1=O.C[C@@H](c1ccc(-c2ccc(=O)[nH]c2)cc1)N1CC[C@](CCC(N)=O)(c2ccccc2)OC1=O.C[C@@H](c1ccc(-c2ccc(N)nc2)cc1)N1CC[C@](CCC(N)=O)(c2ccccc2)OC1=O.C[C@@H](c1ccc(Br)cc1)N1CC[C@](CCC(N)=O)(c2ccccc2)OC1=O.Nc1ccc(B(O)O)cn1.O=N[O-].O=S(=O)(O)O.[Na+]. The van der Waals surface area contributed by atoms with Gasteiger partial charge in [0.2, 0.25) is 34.7 Å². The predicted octanol–water partition coefficient (Wildman–Crippen LogP) is 12.1. The Morgan fingerprint density at radius 2 is 0.634 bits per heavy atom. The van der Waals surface area contributed by atoms with Gasteiger partial charge in [-0.3, -0.25) is 37.9 Å². The van der Waals surface area contributed by atoms with Crippen LogP contribution in [0.3, 0.4) is 0 Å². The maximum atomic E-state index is 13.1. The molecule has 8 aromatic carbocycles. The van der Waals surface area contributed by atoms with Crippen LogP contribution in [0.2, 0.25) is 0 Å². The Morgan fingerprint density at radius 3 is 0.848 bits per heavy atom. The molecule has 0 unspecified atom stereocenters. The second-order valence-electron chi connectivity index (χ2n) is 34.4. The van der Waals surface area contributed by atoms with Gasteiger partial charge in [-0.25, -0.2) is 29.1 Å². The Morgan fingerprint density at radius 1 is 0.400 bits per heavy atom. The van der Waals surface area contributed by atoms with Crippen LogP contribution < -0.4 is 80.5 Å². The molecule has 16 rings (SSSR count). The van der Waals surface area contributed by atoms with Crippen LogP contribution in [0.25, 0.3) is 33.4 Å². The number of hydrogen-bond donors (Lipinski definition) is 12. The molecule has 754 valence electrons. The molecule has 0 saturated carbocycles. The fraction of sp³-hybridized carbons (Fsp3) is 0.269. The maximum Gasteiger partial charge on any atom is 1.00 e. The summed E-state index contributed by atoms with van der Waals surface area (Å²) in [5.41, 5.74) is 42.4. The number of nitrogens with two attached hydrogens (primary N) is 6. The number of cyclic esters (lactones) is 4. The van der Waals surface area contributed by atoms with E-state index in [-0.39, 0.29) is 96.6 Å². The van der Waals surface area contributed by atoms with Gasteiger partial charge in [-0.2, -0.15) is 8.42 Å². The van der Waals surface area contributed by atoms with Gasteiger partial charge in [0.1, 0.15) is 34.0 Å². The first-order chi connectivity index (χ1) is 68.7. The molecule has 8 amide bonds. The first kappa shape index (κ1) is 114. The average Bonchev–Trinajstić information content (AvgIpc) is 0.782. The number of ether oxygens (including phenoxy) is 4. The van der Waals surface area contributed by atoms with Crippen molar-refractivity contribution < 1.29 is 114 Å². The Kier molecular flexibility index (Phi) is 42.0. The van der Waals surface area contributed by atoms with Crippen molar-refractivity contribution in [3.63, 3.8) is 0 Å². The van der Waals surface area contributed by atoms with E-state index < -0.39 is 81.8 Å². The summed E-state index contributed by atoms with van der Waals surface area (Å²) < 4.78 is 56.6. The minimum absolute atomic E-state index is 0. The summed E-state index contributed by atoms with van der Waals surface area (Å²) in [6.45, 7) is 9.96. The molecule has 4 aliphatic heterocycles.